The summed E-state index contributed by atoms with van der Waals surface area (Å²) in [5.41, 5.74) is 13.9. The van der Waals surface area contributed by atoms with E-state index in [2.05, 4.69) is 189 Å². The van der Waals surface area contributed by atoms with Crippen LogP contribution in [0, 0.1) is 5.92 Å². The summed E-state index contributed by atoms with van der Waals surface area (Å²) in [5, 5.41) is 0. The summed E-state index contributed by atoms with van der Waals surface area (Å²) in [6, 6.07) is 57.8. The number of fused-ring (bicyclic) bond motifs is 1. The van der Waals surface area contributed by atoms with Gasteiger partial charge in [0.1, 0.15) is 0 Å². The number of anilines is 2. The molecular weight excluding hydrogens is 542 g/mol. The van der Waals surface area contributed by atoms with Crippen molar-refractivity contribution in [3.8, 4) is 22.3 Å². The normalized spacial score (nSPS) is 17.6. The van der Waals surface area contributed by atoms with Crippen molar-refractivity contribution in [1.29, 1.82) is 0 Å². The molecule has 1 aliphatic carbocycles. The van der Waals surface area contributed by atoms with Gasteiger partial charge in [0, 0.05) is 22.5 Å². The second kappa shape index (κ2) is 12.1. The number of allylic oxidation sites excluding steroid dienone is 2. The van der Waals surface area contributed by atoms with Crippen molar-refractivity contribution in [2.24, 2.45) is 5.92 Å². The SMILES string of the molecule is CC=C(C)N(c1ccc(-c2ccccc2)cc1)c1ccc(-c2ccc(C3(c4ccccc4)c4ccccc4CC3C)cc2)cc1. The Kier molecular flexibility index (Phi) is 7.69. The van der Waals surface area contributed by atoms with Crippen LogP contribution >= 0.6 is 0 Å². The van der Waals surface area contributed by atoms with Gasteiger partial charge < -0.3 is 4.90 Å². The van der Waals surface area contributed by atoms with Crippen LogP contribution in [-0.2, 0) is 11.8 Å². The van der Waals surface area contributed by atoms with Crippen LogP contribution in [0.25, 0.3) is 22.3 Å². The zero-order valence-corrected chi connectivity index (χ0v) is 26.3. The van der Waals surface area contributed by atoms with Crippen molar-refractivity contribution >= 4 is 11.4 Å². The van der Waals surface area contributed by atoms with Gasteiger partial charge in [-0.25, -0.2) is 0 Å². The van der Waals surface area contributed by atoms with Gasteiger partial charge >= 0.3 is 0 Å². The Balaban J connectivity index is 1.20. The molecule has 0 fully saturated rings. The van der Waals surface area contributed by atoms with Crippen LogP contribution in [0.1, 0.15) is 43.0 Å². The monoisotopic (exact) mass is 581 g/mol. The molecule has 0 aromatic heterocycles. The van der Waals surface area contributed by atoms with E-state index in [9.17, 15) is 0 Å². The lowest BCUT2D eigenvalue weighted by Gasteiger charge is -2.37. The van der Waals surface area contributed by atoms with E-state index in [1.165, 1.54) is 50.2 Å². The van der Waals surface area contributed by atoms with Gasteiger partial charge in [0.15, 0.2) is 0 Å². The first kappa shape index (κ1) is 28.6. The standard InChI is InChI=1S/C44H39N/c1-4-33(3)45(41-27-21-36(22-28-41)34-13-7-5-8-14-34)42-29-23-37(24-30-42)35-19-25-40(26-20-35)44(39-16-9-6-10-17-39)32(2)31-38-15-11-12-18-43(38)44/h4-30,32H,31H2,1-3H3. The molecule has 220 valence electrons. The minimum absolute atomic E-state index is 0.152. The van der Waals surface area contributed by atoms with E-state index in [1.54, 1.807) is 0 Å². The summed E-state index contributed by atoms with van der Waals surface area (Å²) >= 11 is 0. The molecule has 0 amide bonds. The van der Waals surface area contributed by atoms with Crippen LogP contribution in [0.5, 0.6) is 0 Å². The van der Waals surface area contributed by atoms with Crippen molar-refractivity contribution in [3.63, 3.8) is 0 Å². The topological polar surface area (TPSA) is 3.24 Å². The average molecular weight is 582 g/mol. The third-order valence-corrected chi connectivity index (χ3v) is 9.74. The summed E-state index contributed by atoms with van der Waals surface area (Å²) in [5.74, 6) is 0.463. The third-order valence-electron chi connectivity index (χ3n) is 9.74. The number of benzene rings is 6. The molecule has 0 saturated carbocycles. The summed E-state index contributed by atoms with van der Waals surface area (Å²) in [6.45, 7) is 6.68. The highest BCUT2D eigenvalue weighted by Gasteiger charge is 2.46. The van der Waals surface area contributed by atoms with Crippen molar-refractivity contribution in [2.45, 2.75) is 32.6 Å². The van der Waals surface area contributed by atoms with E-state index in [0.717, 1.165) is 17.8 Å². The van der Waals surface area contributed by atoms with Gasteiger partial charge in [0.25, 0.3) is 0 Å². The van der Waals surface area contributed by atoms with Gasteiger partial charge in [-0.15, -0.1) is 0 Å². The van der Waals surface area contributed by atoms with Crippen molar-refractivity contribution in [1.82, 2.24) is 0 Å². The van der Waals surface area contributed by atoms with Crippen LogP contribution in [0.2, 0.25) is 0 Å². The highest BCUT2D eigenvalue weighted by Crippen LogP contribution is 2.52. The summed E-state index contributed by atoms with van der Waals surface area (Å²) in [7, 11) is 0. The predicted molar refractivity (Wildman–Crippen MR) is 191 cm³/mol. The summed E-state index contributed by atoms with van der Waals surface area (Å²) < 4.78 is 0. The summed E-state index contributed by atoms with van der Waals surface area (Å²) in [6.07, 6.45) is 3.26. The summed E-state index contributed by atoms with van der Waals surface area (Å²) in [4.78, 5) is 2.32. The molecule has 1 nitrogen and oxygen atoms in total. The zero-order valence-electron chi connectivity index (χ0n) is 26.3. The average Bonchev–Trinajstić information content (AvgIpc) is 3.42. The Morgan fingerprint density at radius 2 is 1.00 bits per heavy atom. The van der Waals surface area contributed by atoms with Crippen LogP contribution in [0.15, 0.2) is 169 Å². The lowest BCUT2D eigenvalue weighted by atomic mass is 9.65. The second-order valence-electron chi connectivity index (χ2n) is 12.2. The molecule has 0 N–H and O–H groups in total. The van der Waals surface area contributed by atoms with Crippen LogP contribution < -0.4 is 4.90 Å². The minimum Gasteiger partial charge on any atom is -0.315 e. The molecule has 6 aromatic carbocycles. The Bertz CT molecular complexity index is 1920. The van der Waals surface area contributed by atoms with Gasteiger partial charge in [0.2, 0.25) is 0 Å². The van der Waals surface area contributed by atoms with E-state index in [1.807, 2.05) is 0 Å². The van der Waals surface area contributed by atoms with E-state index in [0.29, 0.717) is 5.92 Å². The molecule has 0 bridgehead atoms. The molecule has 1 heteroatoms. The molecule has 2 unspecified atom stereocenters. The molecule has 0 radical (unpaired) electrons. The molecule has 0 saturated heterocycles. The third kappa shape index (κ3) is 5.09. The fourth-order valence-corrected chi connectivity index (χ4v) is 7.43. The molecule has 2 atom stereocenters. The van der Waals surface area contributed by atoms with Crippen LogP contribution in [-0.4, -0.2) is 0 Å². The Morgan fingerprint density at radius 3 is 1.56 bits per heavy atom. The van der Waals surface area contributed by atoms with E-state index < -0.39 is 0 Å². The maximum absolute atomic E-state index is 2.41. The highest BCUT2D eigenvalue weighted by molar-refractivity contribution is 5.75. The molecule has 6 aromatic rings. The largest absolute Gasteiger partial charge is 0.315 e. The van der Waals surface area contributed by atoms with Gasteiger partial charge in [0.05, 0.1) is 0 Å². The fraction of sp³-hybridized carbons (Fsp3) is 0.136. The highest BCUT2D eigenvalue weighted by atomic mass is 15.1. The molecule has 1 aliphatic rings. The number of hydrogen-bond donors (Lipinski definition) is 0. The Labute approximate surface area is 268 Å². The minimum atomic E-state index is -0.152. The van der Waals surface area contributed by atoms with Gasteiger partial charge in [-0.1, -0.05) is 146 Å². The van der Waals surface area contributed by atoms with Crippen molar-refractivity contribution in [3.05, 3.63) is 192 Å². The zero-order chi connectivity index (χ0) is 30.8. The van der Waals surface area contributed by atoms with Crippen molar-refractivity contribution < 1.29 is 0 Å². The van der Waals surface area contributed by atoms with Gasteiger partial charge in [-0.2, -0.15) is 0 Å². The van der Waals surface area contributed by atoms with Crippen LogP contribution in [0.4, 0.5) is 11.4 Å². The fourth-order valence-electron chi connectivity index (χ4n) is 7.43. The molecule has 7 rings (SSSR count). The number of hydrogen-bond acceptors (Lipinski definition) is 1. The predicted octanol–water partition coefficient (Wildman–Crippen LogP) is 11.6. The lowest BCUT2D eigenvalue weighted by Crippen LogP contribution is -2.33. The Hall–Kier alpha value is -5.14. The van der Waals surface area contributed by atoms with Gasteiger partial charge in [-0.05, 0) is 95.0 Å². The van der Waals surface area contributed by atoms with E-state index in [4.69, 9.17) is 0 Å². The molecular formula is C44H39N. The first-order valence-electron chi connectivity index (χ1n) is 16.0. The number of nitrogens with zero attached hydrogens (tertiary/aromatic N) is 1. The smallest absolute Gasteiger partial charge is 0.0482 e. The maximum atomic E-state index is 2.41. The lowest BCUT2D eigenvalue weighted by molar-refractivity contribution is 0.442. The van der Waals surface area contributed by atoms with Crippen LogP contribution in [0.3, 0.4) is 0 Å². The second-order valence-corrected chi connectivity index (χ2v) is 12.2. The quantitative estimate of drug-likeness (QED) is 0.181. The first-order chi connectivity index (χ1) is 22.1. The number of rotatable bonds is 7. The van der Waals surface area contributed by atoms with Gasteiger partial charge in [-0.3, -0.25) is 0 Å². The van der Waals surface area contributed by atoms with E-state index in [-0.39, 0.29) is 5.41 Å². The molecule has 0 spiro atoms. The first-order valence-corrected chi connectivity index (χ1v) is 16.0. The Morgan fingerprint density at radius 1 is 0.556 bits per heavy atom. The molecule has 45 heavy (non-hydrogen) atoms. The molecule has 0 heterocycles. The molecule has 0 aliphatic heterocycles. The van der Waals surface area contributed by atoms with Crippen molar-refractivity contribution in [2.75, 3.05) is 4.90 Å². The maximum Gasteiger partial charge on any atom is 0.0482 e. The van der Waals surface area contributed by atoms with E-state index >= 15 is 0 Å².